The standard InChI is InChI=1S/C59H114O17P2/c1-49(2)35-27-19-11-9-10-12-25-33-41-58(63)75-54(45-69-56(61)39-31-23-16-13-20-28-36-50(3)4)47-73-77(65,66)71-43-53(60)44-72-78(67,68)74-48-55(76-59(64)42-34-26-18-15-22-30-38-52(7)8)46-70-57(62)40-32-24-17-14-21-29-37-51(5)6/h49-55,60H,9-48H2,1-8H3,(H,65,66)(H,67,68)/t53-,54+,55+/m0/s1. The number of ether oxygens (including phenoxy) is 4. The summed E-state index contributed by atoms with van der Waals surface area (Å²) in [7, 11) is -9.88. The zero-order valence-electron chi connectivity index (χ0n) is 50.3. The first-order valence-electron chi connectivity index (χ1n) is 30.7. The molecule has 0 aliphatic heterocycles. The number of aliphatic hydroxyl groups excluding tert-OH is 1. The van der Waals surface area contributed by atoms with Gasteiger partial charge in [-0.2, -0.15) is 0 Å². The van der Waals surface area contributed by atoms with Crippen molar-refractivity contribution in [1.82, 2.24) is 0 Å². The van der Waals surface area contributed by atoms with Crippen LogP contribution < -0.4 is 0 Å². The molecule has 0 fully saturated rings. The summed E-state index contributed by atoms with van der Waals surface area (Å²) in [4.78, 5) is 71.8. The number of phosphoric ester groups is 2. The zero-order valence-corrected chi connectivity index (χ0v) is 52.1. The van der Waals surface area contributed by atoms with Crippen molar-refractivity contribution in [2.75, 3.05) is 39.6 Å². The second-order valence-electron chi connectivity index (χ2n) is 23.3. The molecular weight excluding hydrogens is 1040 g/mol. The van der Waals surface area contributed by atoms with Crippen molar-refractivity contribution in [3.05, 3.63) is 0 Å². The second kappa shape index (κ2) is 49.7. The lowest BCUT2D eigenvalue weighted by Crippen LogP contribution is -2.30. The summed E-state index contributed by atoms with van der Waals surface area (Å²) in [6.45, 7) is 13.7. The maximum absolute atomic E-state index is 12.9. The van der Waals surface area contributed by atoms with Gasteiger partial charge in [0.1, 0.15) is 19.3 Å². The molecule has 0 aliphatic rings. The van der Waals surface area contributed by atoms with Crippen molar-refractivity contribution in [3.63, 3.8) is 0 Å². The van der Waals surface area contributed by atoms with Crippen LogP contribution in [0.4, 0.5) is 0 Å². The van der Waals surface area contributed by atoms with Gasteiger partial charge >= 0.3 is 39.5 Å². The quantitative estimate of drug-likeness (QED) is 0.0222. The Morgan fingerprint density at radius 1 is 0.321 bits per heavy atom. The average molecular weight is 1160 g/mol. The van der Waals surface area contributed by atoms with Gasteiger partial charge in [-0.1, -0.05) is 222 Å². The zero-order chi connectivity index (χ0) is 58.3. The number of aliphatic hydroxyl groups is 1. The van der Waals surface area contributed by atoms with Gasteiger partial charge < -0.3 is 33.8 Å². The minimum atomic E-state index is -4.94. The Balaban J connectivity index is 5.24. The van der Waals surface area contributed by atoms with E-state index in [2.05, 4.69) is 55.4 Å². The maximum atomic E-state index is 12.9. The third-order valence-electron chi connectivity index (χ3n) is 13.3. The van der Waals surface area contributed by atoms with E-state index in [1.807, 2.05) is 0 Å². The molecule has 0 aromatic rings. The van der Waals surface area contributed by atoms with Crippen molar-refractivity contribution in [3.8, 4) is 0 Å². The Kier molecular flexibility index (Phi) is 48.4. The number of unbranched alkanes of at least 4 members (excludes halogenated alkanes) is 22. The summed E-state index contributed by atoms with van der Waals surface area (Å²) in [6.07, 6.45) is 27.2. The topological polar surface area (TPSA) is 237 Å². The van der Waals surface area contributed by atoms with Crippen LogP contribution in [0.1, 0.15) is 274 Å². The highest BCUT2D eigenvalue weighted by molar-refractivity contribution is 7.47. The maximum Gasteiger partial charge on any atom is 0.472 e. The number of carbonyl (C=O) groups excluding carboxylic acids is 4. The molecule has 5 atom stereocenters. The Morgan fingerprint density at radius 3 is 0.795 bits per heavy atom. The van der Waals surface area contributed by atoms with Crippen molar-refractivity contribution < 1.29 is 80.2 Å². The van der Waals surface area contributed by atoms with Crippen molar-refractivity contribution in [2.45, 2.75) is 292 Å². The third kappa shape index (κ3) is 53.4. The summed E-state index contributed by atoms with van der Waals surface area (Å²) < 4.78 is 67.7. The van der Waals surface area contributed by atoms with Crippen LogP contribution in [0.5, 0.6) is 0 Å². The van der Waals surface area contributed by atoms with E-state index in [1.54, 1.807) is 0 Å². The van der Waals surface area contributed by atoms with Crippen molar-refractivity contribution in [1.29, 1.82) is 0 Å². The van der Waals surface area contributed by atoms with E-state index in [-0.39, 0.29) is 25.7 Å². The average Bonchev–Trinajstić information content (AvgIpc) is 3.36. The van der Waals surface area contributed by atoms with E-state index in [1.165, 1.54) is 64.2 Å². The lowest BCUT2D eigenvalue weighted by atomic mass is 10.0. The van der Waals surface area contributed by atoms with E-state index >= 15 is 0 Å². The van der Waals surface area contributed by atoms with Crippen molar-refractivity contribution in [2.24, 2.45) is 23.7 Å². The molecule has 0 saturated carbocycles. The van der Waals surface area contributed by atoms with Crippen LogP contribution in [0.15, 0.2) is 0 Å². The predicted molar refractivity (Wildman–Crippen MR) is 307 cm³/mol. The largest absolute Gasteiger partial charge is 0.472 e. The van der Waals surface area contributed by atoms with Crippen LogP contribution in [-0.4, -0.2) is 96.7 Å². The molecule has 0 aromatic heterocycles. The second-order valence-corrected chi connectivity index (χ2v) is 26.2. The summed E-state index contributed by atoms with van der Waals surface area (Å²) >= 11 is 0. The van der Waals surface area contributed by atoms with Gasteiger partial charge in [0.05, 0.1) is 26.4 Å². The molecule has 3 N–H and O–H groups in total. The molecule has 0 radical (unpaired) electrons. The van der Waals surface area contributed by atoms with Gasteiger partial charge in [0, 0.05) is 25.7 Å². The Labute approximate surface area is 473 Å². The normalized spacial score (nSPS) is 14.6. The Morgan fingerprint density at radius 2 is 0.538 bits per heavy atom. The van der Waals surface area contributed by atoms with Gasteiger partial charge in [-0.3, -0.25) is 37.3 Å². The lowest BCUT2D eigenvalue weighted by molar-refractivity contribution is -0.161. The number of hydrogen-bond donors (Lipinski definition) is 3. The van der Waals surface area contributed by atoms with Crippen molar-refractivity contribution >= 4 is 39.5 Å². The molecule has 0 rings (SSSR count). The number of hydrogen-bond acceptors (Lipinski definition) is 15. The first-order chi connectivity index (χ1) is 37.1. The fraction of sp³-hybridized carbons (Fsp3) is 0.932. The Bertz CT molecular complexity index is 1580. The fourth-order valence-corrected chi connectivity index (χ4v) is 10.1. The molecule has 19 heteroatoms. The van der Waals surface area contributed by atoms with Crippen LogP contribution in [0.2, 0.25) is 0 Å². The van der Waals surface area contributed by atoms with Crippen LogP contribution in [0.3, 0.4) is 0 Å². The highest BCUT2D eigenvalue weighted by atomic mass is 31.2. The van der Waals surface area contributed by atoms with Crippen LogP contribution >= 0.6 is 15.6 Å². The predicted octanol–water partition coefficient (Wildman–Crippen LogP) is 15.4. The monoisotopic (exact) mass is 1160 g/mol. The van der Waals surface area contributed by atoms with Crippen LogP contribution in [-0.2, 0) is 65.4 Å². The molecule has 78 heavy (non-hydrogen) atoms. The van der Waals surface area contributed by atoms with Gasteiger partial charge in [0.25, 0.3) is 0 Å². The number of rotatable bonds is 56. The van der Waals surface area contributed by atoms with Gasteiger partial charge in [-0.25, -0.2) is 9.13 Å². The van der Waals surface area contributed by atoms with Gasteiger partial charge in [0.2, 0.25) is 0 Å². The number of phosphoric acid groups is 2. The highest BCUT2D eigenvalue weighted by Gasteiger charge is 2.30. The van der Waals surface area contributed by atoms with Gasteiger partial charge in [-0.05, 0) is 49.4 Å². The molecule has 0 saturated heterocycles. The summed E-state index contributed by atoms with van der Waals surface area (Å²) in [5.74, 6) is 0.592. The highest BCUT2D eigenvalue weighted by Crippen LogP contribution is 2.45. The van der Waals surface area contributed by atoms with E-state index in [0.717, 1.165) is 109 Å². The molecule has 17 nitrogen and oxygen atoms in total. The van der Waals surface area contributed by atoms with Crippen LogP contribution in [0, 0.1) is 23.7 Å². The number of carbonyl (C=O) groups is 4. The lowest BCUT2D eigenvalue weighted by Gasteiger charge is -2.21. The first-order valence-corrected chi connectivity index (χ1v) is 33.7. The molecular formula is C59H114O17P2. The fourth-order valence-electron chi connectivity index (χ4n) is 8.55. The third-order valence-corrected chi connectivity index (χ3v) is 15.2. The van der Waals surface area contributed by atoms with E-state index in [9.17, 15) is 43.2 Å². The number of esters is 4. The van der Waals surface area contributed by atoms with Crippen LogP contribution in [0.25, 0.3) is 0 Å². The minimum Gasteiger partial charge on any atom is -0.462 e. The SMILES string of the molecule is CC(C)CCCCCCCCCCC(=O)O[C@H](COC(=O)CCCCCCCCC(C)C)COP(=O)(O)OC[C@H](O)COP(=O)(O)OC[C@@H](COC(=O)CCCCCCCCC(C)C)OC(=O)CCCCCCCCC(C)C. The molecule has 0 spiro atoms. The molecule has 0 aromatic carbocycles. The summed E-state index contributed by atoms with van der Waals surface area (Å²) in [6, 6.07) is 0. The van der Waals surface area contributed by atoms with E-state index in [4.69, 9.17) is 37.0 Å². The molecule has 0 bridgehead atoms. The molecule has 462 valence electrons. The molecule has 0 heterocycles. The van der Waals surface area contributed by atoms with Gasteiger partial charge in [-0.15, -0.1) is 0 Å². The smallest absolute Gasteiger partial charge is 0.462 e. The molecule has 2 unspecified atom stereocenters. The summed E-state index contributed by atoms with van der Waals surface area (Å²) in [5, 5.41) is 10.5. The van der Waals surface area contributed by atoms with E-state index in [0.29, 0.717) is 43.4 Å². The minimum absolute atomic E-state index is 0.100. The Hall–Kier alpha value is -1.94. The summed E-state index contributed by atoms with van der Waals surface area (Å²) in [5.41, 5.74) is 0. The first kappa shape index (κ1) is 76.1. The van der Waals surface area contributed by atoms with Gasteiger partial charge in [0.15, 0.2) is 12.2 Å². The van der Waals surface area contributed by atoms with E-state index < -0.39 is 97.5 Å². The molecule has 0 aliphatic carbocycles. The molecule has 0 amide bonds.